The van der Waals surface area contributed by atoms with Crippen LogP contribution in [-0.4, -0.2) is 86.3 Å². The number of aliphatic imine (C=N–C) groups is 2. The van der Waals surface area contributed by atoms with E-state index in [2.05, 4.69) is 32.9 Å². The number of nitrogens with one attached hydrogen (secondary N) is 3. The number of carbonyl (C=O) groups is 1. The number of nitrogens with zero attached hydrogens (tertiary/aromatic N) is 2. The van der Waals surface area contributed by atoms with Crippen LogP contribution in [0.15, 0.2) is 34.3 Å². The summed E-state index contributed by atoms with van der Waals surface area (Å²) in [6.07, 6.45) is -0.270. The van der Waals surface area contributed by atoms with Crippen LogP contribution < -0.4 is 16.0 Å². The number of aryl methyl sites for hydroxylation is 1. The number of ether oxygens (including phenoxy) is 1. The number of hydrogen-bond acceptors (Lipinski definition) is 12. The standard InChI is InChI=1S/C27H45N5O7/c1-5-6-7-8-9-10-15-31-27(38,23(36)26(3,4)37)21(34)20(33)22(35)39-25-30-17-29-24(32-25)28-16-19-13-11-18(2)12-14-19/h11-14,17,20-21,23-24,28,31,33-34,36-38H,5-10,15-16H2,1-4H3,(H,29,30,32). The summed E-state index contributed by atoms with van der Waals surface area (Å²) in [4.78, 5) is 20.9. The zero-order valence-corrected chi connectivity index (χ0v) is 23.3. The second-order valence-corrected chi connectivity index (χ2v) is 10.5. The highest BCUT2D eigenvalue weighted by molar-refractivity contribution is 5.95. The second-order valence-electron chi connectivity index (χ2n) is 10.5. The van der Waals surface area contributed by atoms with Crippen molar-refractivity contribution in [2.75, 3.05) is 6.54 Å². The van der Waals surface area contributed by atoms with Crippen molar-refractivity contribution in [1.82, 2.24) is 16.0 Å². The van der Waals surface area contributed by atoms with Crippen molar-refractivity contribution < 1.29 is 35.1 Å². The quantitative estimate of drug-likeness (QED) is 0.0811. The summed E-state index contributed by atoms with van der Waals surface area (Å²) in [5, 5.41) is 61.7. The van der Waals surface area contributed by atoms with Crippen LogP contribution in [0, 0.1) is 6.92 Å². The van der Waals surface area contributed by atoms with Crippen molar-refractivity contribution >= 4 is 18.3 Å². The zero-order chi connectivity index (χ0) is 29.1. The zero-order valence-electron chi connectivity index (χ0n) is 23.3. The third-order valence-corrected chi connectivity index (χ3v) is 6.47. The number of amidine groups is 1. The van der Waals surface area contributed by atoms with Gasteiger partial charge in [-0.15, -0.1) is 0 Å². The van der Waals surface area contributed by atoms with Crippen LogP contribution in [0.4, 0.5) is 0 Å². The minimum Gasteiger partial charge on any atom is -0.390 e. The molecule has 12 heteroatoms. The fourth-order valence-electron chi connectivity index (χ4n) is 4.03. The highest BCUT2D eigenvalue weighted by atomic mass is 16.6. The summed E-state index contributed by atoms with van der Waals surface area (Å²) < 4.78 is 5.09. The van der Waals surface area contributed by atoms with Crippen molar-refractivity contribution in [3.05, 3.63) is 35.4 Å². The van der Waals surface area contributed by atoms with Gasteiger partial charge in [0, 0.05) is 6.54 Å². The van der Waals surface area contributed by atoms with E-state index in [1.807, 2.05) is 31.2 Å². The second kappa shape index (κ2) is 15.4. The van der Waals surface area contributed by atoms with Gasteiger partial charge in [0.1, 0.15) is 12.2 Å². The molecule has 0 saturated heterocycles. The Balaban J connectivity index is 2.00. The summed E-state index contributed by atoms with van der Waals surface area (Å²) in [6.45, 7) is 7.17. The molecule has 8 N–H and O–H groups in total. The first-order chi connectivity index (χ1) is 18.4. The fraction of sp³-hybridized carbons (Fsp3) is 0.667. The highest BCUT2D eigenvalue weighted by Crippen LogP contribution is 2.25. The SMILES string of the molecule is CCCCCCCCNC(O)(C(O)C(O)C(=O)OC1=NC(NCc2ccc(C)cc2)N=CN1)C(O)C(C)(C)O. The van der Waals surface area contributed by atoms with Crippen LogP contribution in [0.25, 0.3) is 0 Å². The maximum absolute atomic E-state index is 12.7. The minimum atomic E-state index is -2.62. The molecule has 39 heavy (non-hydrogen) atoms. The van der Waals surface area contributed by atoms with E-state index in [1.54, 1.807) is 0 Å². The molecule has 2 rings (SSSR count). The molecule has 1 aromatic rings. The third kappa shape index (κ3) is 10.2. The molecular weight excluding hydrogens is 506 g/mol. The average molecular weight is 552 g/mol. The maximum Gasteiger partial charge on any atom is 0.345 e. The van der Waals surface area contributed by atoms with E-state index in [0.717, 1.165) is 43.2 Å². The topological polar surface area (TPSA) is 188 Å². The smallest absolute Gasteiger partial charge is 0.345 e. The molecule has 0 aliphatic carbocycles. The number of aliphatic hydroxyl groups is 5. The molecule has 1 aromatic carbocycles. The number of rotatable bonds is 16. The molecular formula is C27H45N5O7. The molecule has 220 valence electrons. The molecule has 1 aliphatic rings. The Morgan fingerprint density at radius 2 is 1.72 bits per heavy atom. The van der Waals surface area contributed by atoms with Crippen molar-refractivity contribution in [2.24, 2.45) is 9.98 Å². The van der Waals surface area contributed by atoms with Crippen LogP contribution in [0.2, 0.25) is 0 Å². The van der Waals surface area contributed by atoms with Crippen LogP contribution in [0.1, 0.15) is 70.4 Å². The first-order valence-corrected chi connectivity index (χ1v) is 13.5. The van der Waals surface area contributed by atoms with E-state index in [9.17, 15) is 30.3 Å². The summed E-state index contributed by atoms with van der Waals surface area (Å²) in [5.41, 5.74) is -2.37. The predicted molar refractivity (Wildman–Crippen MR) is 148 cm³/mol. The van der Waals surface area contributed by atoms with Gasteiger partial charge in [-0.05, 0) is 39.3 Å². The van der Waals surface area contributed by atoms with E-state index >= 15 is 0 Å². The van der Waals surface area contributed by atoms with Gasteiger partial charge in [0.05, 0.1) is 11.9 Å². The summed E-state index contributed by atoms with van der Waals surface area (Å²) in [7, 11) is 0. The van der Waals surface area contributed by atoms with Crippen LogP contribution in [0.5, 0.6) is 0 Å². The lowest BCUT2D eigenvalue weighted by Crippen LogP contribution is -2.71. The molecule has 0 bridgehead atoms. The number of unbranched alkanes of at least 4 members (excludes halogenated alkanes) is 5. The van der Waals surface area contributed by atoms with Crippen LogP contribution in [0.3, 0.4) is 0 Å². The lowest BCUT2D eigenvalue weighted by Gasteiger charge is -2.43. The van der Waals surface area contributed by atoms with E-state index < -0.39 is 41.9 Å². The van der Waals surface area contributed by atoms with Crippen molar-refractivity contribution in [3.8, 4) is 0 Å². The van der Waals surface area contributed by atoms with E-state index in [-0.39, 0.29) is 12.6 Å². The number of hydrogen-bond donors (Lipinski definition) is 8. The Labute approximate surface area is 230 Å². The normalized spacial score (nSPS) is 19.4. The first kappa shape index (κ1) is 32.8. The molecule has 0 radical (unpaired) electrons. The molecule has 0 fully saturated rings. The van der Waals surface area contributed by atoms with E-state index in [4.69, 9.17) is 4.74 Å². The first-order valence-electron chi connectivity index (χ1n) is 13.5. The summed E-state index contributed by atoms with van der Waals surface area (Å²) in [6, 6.07) is 7.59. The fourth-order valence-corrected chi connectivity index (χ4v) is 4.03. The number of carbonyl (C=O) groups excluding carboxylic acids is 1. The van der Waals surface area contributed by atoms with E-state index in [0.29, 0.717) is 13.0 Å². The third-order valence-electron chi connectivity index (χ3n) is 6.47. The van der Waals surface area contributed by atoms with Gasteiger partial charge in [0.2, 0.25) is 6.29 Å². The van der Waals surface area contributed by atoms with Gasteiger partial charge in [-0.2, -0.15) is 4.99 Å². The van der Waals surface area contributed by atoms with Gasteiger partial charge >= 0.3 is 12.0 Å². The molecule has 5 unspecified atom stereocenters. The molecule has 0 spiro atoms. The molecule has 5 atom stereocenters. The maximum atomic E-state index is 12.7. The molecule has 1 heterocycles. The van der Waals surface area contributed by atoms with Crippen LogP contribution in [-0.2, 0) is 16.1 Å². The summed E-state index contributed by atoms with van der Waals surface area (Å²) >= 11 is 0. The Morgan fingerprint density at radius 3 is 2.36 bits per heavy atom. The van der Waals surface area contributed by atoms with Gasteiger partial charge in [0.15, 0.2) is 11.8 Å². The lowest BCUT2D eigenvalue weighted by atomic mass is 9.86. The monoisotopic (exact) mass is 551 g/mol. The summed E-state index contributed by atoms with van der Waals surface area (Å²) in [5.74, 6) is -1.33. The Hall–Kier alpha value is -2.45. The number of benzene rings is 1. The molecule has 0 saturated carbocycles. The Morgan fingerprint density at radius 1 is 1.08 bits per heavy atom. The predicted octanol–water partition coefficient (Wildman–Crippen LogP) is 0.391. The highest BCUT2D eigenvalue weighted by Gasteiger charge is 2.53. The largest absolute Gasteiger partial charge is 0.390 e. The number of esters is 1. The molecule has 1 aliphatic heterocycles. The van der Waals surface area contributed by atoms with Gasteiger partial charge in [-0.25, -0.2) is 9.79 Å². The molecule has 12 nitrogen and oxygen atoms in total. The van der Waals surface area contributed by atoms with Gasteiger partial charge < -0.3 is 35.6 Å². The Kier molecular flexibility index (Phi) is 12.9. The molecule has 0 amide bonds. The molecule has 0 aromatic heterocycles. The van der Waals surface area contributed by atoms with Crippen molar-refractivity contribution in [1.29, 1.82) is 0 Å². The van der Waals surface area contributed by atoms with Crippen molar-refractivity contribution in [2.45, 2.75) is 109 Å². The number of aliphatic hydroxyl groups excluding tert-OH is 3. The van der Waals surface area contributed by atoms with E-state index in [1.165, 1.54) is 20.2 Å². The minimum absolute atomic E-state index is 0.160. The lowest BCUT2D eigenvalue weighted by molar-refractivity contribution is -0.234. The van der Waals surface area contributed by atoms with Crippen molar-refractivity contribution in [3.63, 3.8) is 0 Å². The Bertz CT molecular complexity index is 951. The van der Waals surface area contributed by atoms with Gasteiger partial charge in [-0.3, -0.25) is 10.6 Å². The average Bonchev–Trinajstić information content (AvgIpc) is 2.90. The van der Waals surface area contributed by atoms with Gasteiger partial charge in [0.25, 0.3) is 0 Å². The van der Waals surface area contributed by atoms with Crippen LogP contribution >= 0.6 is 0 Å². The van der Waals surface area contributed by atoms with Gasteiger partial charge in [-0.1, -0.05) is 68.9 Å².